The van der Waals surface area contributed by atoms with E-state index >= 15 is 0 Å². The lowest BCUT2D eigenvalue weighted by Crippen LogP contribution is -2.29. The normalized spacial score (nSPS) is 16.3. The molecule has 1 atom stereocenters. The van der Waals surface area contributed by atoms with Crippen molar-refractivity contribution < 1.29 is 13.6 Å². The average Bonchev–Trinajstić information content (AvgIpc) is 3.41. The lowest BCUT2D eigenvalue weighted by molar-refractivity contribution is 0.0969. The summed E-state index contributed by atoms with van der Waals surface area (Å²) in [6.45, 7) is 4.01. The summed E-state index contributed by atoms with van der Waals surface area (Å²) in [7, 11) is 0. The van der Waals surface area contributed by atoms with Gasteiger partial charge in [0.15, 0.2) is 5.43 Å². The Kier molecular flexibility index (Phi) is 3.70. The quantitative estimate of drug-likeness (QED) is 0.520. The zero-order chi connectivity index (χ0) is 19.4. The molecule has 1 aliphatic rings. The number of fused-ring (bicyclic) bond motifs is 2. The summed E-state index contributed by atoms with van der Waals surface area (Å²) < 4.78 is 11.4. The van der Waals surface area contributed by atoms with Crippen LogP contribution in [0.4, 0.5) is 5.13 Å². The maximum absolute atomic E-state index is 13.3. The van der Waals surface area contributed by atoms with E-state index < -0.39 is 11.9 Å². The van der Waals surface area contributed by atoms with Gasteiger partial charge < -0.3 is 8.83 Å². The van der Waals surface area contributed by atoms with Crippen LogP contribution < -0.4 is 10.3 Å². The minimum Gasteiger partial charge on any atom is -0.467 e. The third-order valence-electron chi connectivity index (χ3n) is 4.72. The first-order valence-electron chi connectivity index (χ1n) is 8.82. The Morgan fingerprint density at radius 2 is 1.93 bits per heavy atom. The van der Waals surface area contributed by atoms with Gasteiger partial charge in [-0.25, -0.2) is 0 Å². The van der Waals surface area contributed by atoms with Crippen molar-refractivity contribution in [3.05, 3.63) is 75.0 Å². The highest BCUT2D eigenvalue weighted by molar-refractivity contribution is 7.15. The molecule has 0 bridgehead atoms. The molecule has 7 nitrogen and oxygen atoms in total. The predicted octanol–water partition coefficient (Wildman–Crippen LogP) is 4.11. The number of hydrogen-bond acceptors (Lipinski definition) is 7. The number of furan rings is 1. The molecule has 4 aromatic rings. The molecule has 0 aliphatic carbocycles. The van der Waals surface area contributed by atoms with Crippen molar-refractivity contribution in [3.8, 4) is 0 Å². The topological polar surface area (TPSA) is 89.4 Å². The number of nitrogens with zero attached hydrogens (tertiary/aromatic N) is 3. The van der Waals surface area contributed by atoms with Crippen molar-refractivity contribution in [2.45, 2.75) is 25.8 Å². The smallest absolute Gasteiger partial charge is 0.297 e. The largest absolute Gasteiger partial charge is 0.467 e. The van der Waals surface area contributed by atoms with Crippen LogP contribution in [0.2, 0.25) is 0 Å². The van der Waals surface area contributed by atoms with Gasteiger partial charge in [-0.1, -0.05) is 37.3 Å². The maximum Gasteiger partial charge on any atom is 0.297 e. The molecule has 0 spiro atoms. The Bertz CT molecular complexity index is 1260. The number of carbonyl (C=O) groups is 1. The Labute approximate surface area is 163 Å². The van der Waals surface area contributed by atoms with Crippen LogP contribution in [0.25, 0.3) is 11.0 Å². The van der Waals surface area contributed by atoms with Crippen molar-refractivity contribution >= 4 is 33.3 Å². The van der Waals surface area contributed by atoms with Gasteiger partial charge in [0, 0.05) is 5.92 Å². The molecular formula is C20H15N3O4S. The van der Waals surface area contributed by atoms with Gasteiger partial charge in [-0.05, 0) is 24.3 Å². The van der Waals surface area contributed by atoms with E-state index in [4.69, 9.17) is 8.83 Å². The lowest BCUT2D eigenvalue weighted by Gasteiger charge is -2.19. The predicted molar refractivity (Wildman–Crippen MR) is 104 cm³/mol. The first-order chi connectivity index (χ1) is 13.6. The van der Waals surface area contributed by atoms with Gasteiger partial charge in [-0.2, -0.15) is 0 Å². The van der Waals surface area contributed by atoms with Crippen LogP contribution in [0.1, 0.15) is 52.7 Å². The Balaban J connectivity index is 1.78. The van der Waals surface area contributed by atoms with E-state index in [0.717, 1.165) is 5.01 Å². The zero-order valence-electron chi connectivity index (χ0n) is 15.1. The number of benzene rings is 1. The molecule has 3 aromatic heterocycles. The molecule has 0 N–H and O–H groups in total. The second-order valence-electron chi connectivity index (χ2n) is 6.84. The van der Waals surface area contributed by atoms with Crippen LogP contribution in [-0.2, 0) is 0 Å². The molecule has 28 heavy (non-hydrogen) atoms. The highest BCUT2D eigenvalue weighted by atomic mass is 32.1. The van der Waals surface area contributed by atoms with Crippen molar-refractivity contribution in [1.29, 1.82) is 0 Å². The lowest BCUT2D eigenvalue weighted by atomic mass is 10.0. The summed E-state index contributed by atoms with van der Waals surface area (Å²) in [5.41, 5.74) is 0.391. The van der Waals surface area contributed by atoms with Crippen LogP contribution in [0, 0.1) is 0 Å². The average molecular weight is 393 g/mol. The van der Waals surface area contributed by atoms with E-state index in [1.807, 2.05) is 13.8 Å². The van der Waals surface area contributed by atoms with Crippen LogP contribution >= 0.6 is 11.3 Å². The summed E-state index contributed by atoms with van der Waals surface area (Å²) in [4.78, 5) is 28.0. The van der Waals surface area contributed by atoms with Crippen molar-refractivity contribution in [2.75, 3.05) is 4.90 Å². The van der Waals surface area contributed by atoms with Gasteiger partial charge in [0.1, 0.15) is 22.4 Å². The fourth-order valence-electron chi connectivity index (χ4n) is 3.39. The number of rotatable bonds is 3. The molecule has 0 saturated carbocycles. The van der Waals surface area contributed by atoms with Gasteiger partial charge in [0.25, 0.3) is 5.91 Å². The number of anilines is 1. The first kappa shape index (κ1) is 16.9. The summed E-state index contributed by atoms with van der Waals surface area (Å²) in [6.07, 6.45) is 1.51. The molecular weight excluding hydrogens is 378 g/mol. The molecule has 0 radical (unpaired) electrons. The van der Waals surface area contributed by atoms with Crippen LogP contribution in [0.3, 0.4) is 0 Å². The van der Waals surface area contributed by atoms with Gasteiger partial charge >= 0.3 is 0 Å². The number of para-hydroxylation sites is 1. The fourth-order valence-corrected chi connectivity index (χ4v) is 4.26. The minimum atomic E-state index is -0.744. The van der Waals surface area contributed by atoms with Crippen LogP contribution in [0.15, 0.2) is 56.3 Å². The van der Waals surface area contributed by atoms with E-state index in [1.165, 1.54) is 22.5 Å². The molecule has 1 aliphatic heterocycles. The number of amides is 1. The summed E-state index contributed by atoms with van der Waals surface area (Å²) in [6, 6.07) is 9.61. The monoisotopic (exact) mass is 393 g/mol. The van der Waals surface area contributed by atoms with E-state index in [0.29, 0.717) is 21.9 Å². The maximum atomic E-state index is 13.3. The highest BCUT2D eigenvalue weighted by Gasteiger charge is 2.46. The van der Waals surface area contributed by atoms with Gasteiger partial charge in [-0.15, -0.1) is 10.2 Å². The molecule has 140 valence electrons. The first-order valence-corrected chi connectivity index (χ1v) is 9.64. The molecule has 0 fully saturated rings. The second-order valence-corrected chi connectivity index (χ2v) is 7.83. The molecule has 8 heteroatoms. The minimum absolute atomic E-state index is 0.0198. The third-order valence-corrected chi connectivity index (χ3v) is 5.94. The second kappa shape index (κ2) is 6.13. The SMILES string of the molecule is CC(C)c1nnc(N2C(=O)c3oc4ccccc4c(=O)c3[C@@H]2c2ccco2)s1. The molecule has 0 saturated heterocycles. The molecule has 5 rings (SSSR count). The van der Waals surface area contributed by atoms with E-state index in [1.54, 1.807) is 36.4 Å². The Hall–Kier alpha value is -3.26. The fraction of sp³-hybridized carbons (Fsp3) is 0.200. The van der Waals surface area contributed by atoms with E-state index in [-0.39, 0.29) is 22.7 Å². The van der Waals surface area contributed by atoms with Crippen molar-refractivity contribution in [3.63, 3.8) is 0 Å². The standard InChI is InChI=1S/C20H15N3O4S/c1-10(2)18-21-22-20(28-18)23-15(13-8-5-9-26-13)14-16(24)11-6-3-4-7-12(11)27-17(14)19(23)25/h3-10,15H,1-2H3/t15-/m0/s1. The molecule has 1 aromatic carbocycles. The van der Waals surface area contributed by atoms with Crippen molar-refractivity contribution in [1.82, 2.24) is 10.2 Å². The van der Waals surface area contributed by atoms with Crippen LogP contribution in [-0.4, -0.2) is 16.1 Å². The Morgan fingerprint density at radius 3 is 2.64 bits per heavy atom. The van der Waals surface area contributed by atoms with Gasteiger partial charge in [-0.3, -0.25) is 14.5 Å². The van der Waals surface area contributed by atoms with Crippen LogP contribution in [0.5, 0.6) is 0 Å². The summed E-state index contributed by atoms with van der Waals surface area (Å²) >= 11 is 1.32. The number of carbonyl (C=O) groups excluding carboxylic acids is 1. The molecule has 0 unspecified atom stereocenters. The van der Waals surface area contributed by atoms with E-state index in [9.17, 15) is 9.59 Å². The molecule has 1 amide bonds. The van der Waals surface area contributed by atoms with Crippen molar-refractivity contribution in [2.24, 2.45) is 0 Å². The highest BCUT2D eigenvalue weighted by Crippen LogP contribution is 2.42. The van der Waals surface area contributed by atoms with E-state index in [2.05, 4.69) is 10.2 Å². The summed E-state index contributed by atoms with van der Waals surface area (Å²) in [5.74, 6) is 0.240. The zero-order valence-corrected chi connectivity index (χ0v) is 15.9. The van der Waals surface area contributed by atoms with Gasteiger partial charge in [0.2, 0.25) is 10.9 Å². The summed E-state index contributed by atoms with van der Waals surface area (Å²) in [5, 5.41) is 10.0. The number of aromatic nitrogens is 2. The van der Waals surface area contributed by atoms with Gasteiger partial charge in [0.05, 0.1) is 17.2 Å². The third kappa shape index (κ3) is 2.34. The number of hydrogen-bond donors (Lipinski definition) is 0. The Morgan fingerprint density at radius 1 is 1.11 bits per heavy atom. The molecule has 4 heterocycles.